The first-order valence-corrected chi connectivity index (χ1v) is 8.70. The quantitative estimate of drug-likeness (QED) is 0.877. The van der Waals surface area contributed by atoms with Gasteiger partial charge in [-0.25, -0.2) is 4.79 Å². The van der Waals surface area contributed by atoms with Gasteiger partial charge in [-0.1, -0.05) is 18.2 Å². The molecule has 1 aromatic rings. The Kier molecular flexibility index (Phi) is 4.57. The molecule has 1 atom stereocenters. The lowest BCUT2D eigenvalue weighted by molar-refractivity contribution is -0.123. The van der Waals surface area contributed by atoms with Crippen LogP contribution in [0.25, 0.3) is 0 Å². The second-order valence-corrected chi connectivity index (χ2v) is 6.98. The number of amides is 3. The molecule has 3 N–H and O–H groups in total. The van der Waals surface area contributed by atoms with E-state index in [2.05, 4.69) is 17.4 Å². The number of carbonyl (C=O) groups is 2. The van der Waals surface area contributed by atoms with Gasteiger partial charge in [0.2, 0.25) is 5.91 Å². The van der Waals surface area contributed by atoms with Crippen LogP contribution in [0.15, 0.2) is 29.2 Å². The molecule has 2 heterocycles. The molecule has 6 heteroatoms. The van der Waals surface area contributed by atoms with E-state index < -0.39 is 0 Å². The predicted octanol–water partition coefficient (Wildman–Crippen LogP) is 2.13. The number of urea groups is 1. The van der Waals surface area contributed by atoms with Crippen molar-refractivity contribution < 1.29 is 9.59 Å². The monoisotopic (exact) mass is 319 g/mol. The lowest BCUT2D eigenvalue weighted by Crippen LogP contribution is -2.47. The van der Waals surface area contributed by atoms with Crippen molar-refractivity contribution in [3.8, 4) is 0 Å². The molecule has 3 rings (SSSR count). The predicted molar refractivity (Wildman–Crippen MR) is 86.5 cm³/mol. The van der Waals surface area contributed by atoms with E-state index in [0.717, 1.165) is 12.2 Å². The highest BCUT2D eigenvalue weighted by Gasteiger charge is 2.28. The number of rotatable bonds is 2. The number of carbonyl (C=O) groups excluding carboxylic acids is 2. The van der Waals surface area contributed by atoms with Gasteiger partial charge >= 0.3 is 6.03 Å². The van der Waals surface area contributed by atoms with Gasteiger partial charge in [0.25, 0.3) is 0 Å². The first-order valence-electron chi connectivity index (χ1n) is 7.71. The van der Waals surface area contributed by atoms with Gasteiger partial charge in [0.15, 0.2) is 0 Å². The SMILES string of the molecule is NC(=O)C1CCN(C(=O)N[C@@H]2CCSc3ccccc32)CC1. The number of fused-ring (bicyclic) bond motifs is 1. The third-order valence-electron chi connectivity index (χ3n) is 4.44. The van der Waals surface area contributed by atoms with Gasteiger partial charge in [0.1, 0.15) is 0 Å². The van der Waals surface area contributed by atoms with E-state index in [9.17, 15) is 9.59 Å². The molecule has 0 aliphatic carbocycles. The fourth-order valence-corrected chi connectivity index (χ4v) is 4.22. The van der Waals surface area contributed by atoms with Gasteiger partial charge in [-0.3, -0.25) is 4.79 Å². The topological polar surface area (TPSA) is 75.4 Å². The fraction of sp³-hybridized carbons (Fsp3) is 0.500. The highest BCUT2D eigenvalue weighted by atomic mass is 32.2. The maximum atomic E-state index is 12.4. The summed E-state index contributed by atoms with van der Waals surface area (Å²) in [6.45, 7) is 1.20. The molecule has 1 aromatic carbocycles. The average Bonchev–Trinajstić information content (AvgIpc) is 2.55. The van der Waals surface area contributed by atoms with Crippen molar-refractivity contribution in [2.45, 2.75) is 30.2 Å². The van der Waals surface area contributed by atoms with Crippen LogP contribution in [0.4, 0.5) is 4.79 Å². The molecule has 0 unspecified atom stereocenters. The summed E-state index contributed by atoms with van der Waals surface area (Å²) >= 11 is 1.84. The lowest BCUT2D eigenvalue weighted by Gasteiger charge is -2.33. The van der Waals surface area contributed by atoms with E-state index in [0.29, 0.717) is 25.9 Å². The number of primary amides is 1. The van der Waals surface area contributed by atoms with Gasteiger partial charge in [-0.2, -0.15) is 0 Å². The molecule has 118 valence electrons. The first kappa shape index (κ1) is 15.2. The summed E-state index contributed by atoms with van der Waals surface area (Å²) < 4.78 is 0. The minimum Gasteiger partial charge on any atom is -0.369 e. The van der Waals surface area contributed by atoms with Crippen LogP contribution in [0.5, 0.6) is 0 Å². The van der Waals surface area contributed by atoms with Crippen LogP contribution in [-0.2, 0) is 4.79 Å². The van der Waals surface area contributed by atoms with Gasteiger partial charge in [0, 0.05) is 29.7 Å². The number of nitrogens with one attached hydrogen (secondary N) is 1. The molecule has 2 aliphatic rings. The fourth-order valence-electron chi connectivity index (χ4n) is 3.10. The van der Waals surface area contributed by atoms with Crippen molar-refractivity contribution >= 4 is 23.7 Å². The van der Waals surface area contributed by atoms with Crippen molar-refractivity contribution in [2.75, 3.05) is 18.8 Å². The third-order valence-corrected chi connectivity index (χ3v) is 5.56. The minimum absolute atomic E-state index is 0.0328. The van der Waals surface area contributed by atoms with Crippen molar-refractivity contribution in [3.63, 3.8) is 0 Å². The van der Waals surface area contributed by atoms with Crippen molar-refractivity contribution in [1.82, 2.24) is 10.2 Å². The Morgan fingerprint density at radius 2 is 1.91 bits per heavy atom. The number of likely N-dealkylation sites (tertiary alicyclic amines) is 1. The number of nitrogens with zero attached hydrogens (tertiary/aromatic N) is 1. The van der Waals surface area contributed by atoms with Crippen LogP contribution >= 0.6 is 11.8 Å². The van der Waals surface area contributed by atoms with Gasteiger partial charge in [-0.15, -0.1) is 11.8 Å². The molecule has 0 spiro atoms. The largest absolute Gasteiger partial charge is 0.369 e. The molecular formula is C16H21N3O2S. The summed E-state index contributed by atoms with van der Waals surface area (Å²) in [5.74, 6) is 0.681. The summed E-state index contributed by atoms with van der Waals surface area (Å²) in [7, 11) is 0. The zero-order valence-electron chi connectivity index (χ0n) is 12.5. The van der Waals surface area contributed by atoms with Crippen LogP contribution in [0.2, 0.25) is 0 Å². The van der Waals surface area contributed by atoms with E-state index in [1.54, 1.807) is 4.90 Å². The lowest BCUT2D eigenvalue weighted by atomic mass is 9.96. The second-order valence-electron chi connectivity index (χ2n) is 5.84. The summed E-state index contributed by atoms with van der Waals surface area (Å²) in [6, 6.07) is 8.29. The van der Waals surface area contributed by atoms with Crippen LogP contribution in [-0.4, -0.2) is 35.7 Å². The molecule has 0 radical (unpaired) electrons. The number of nitrogens with two attached hydrogens (primary N) is 1. The Labute approximate surface area is 134 Å². The number of hydrogen-bond acceptors (Lipinski definition) is 3. The van der Waals surface area contributed by atoms with Crippen LogP contribution in [0.1, 0.15) is 30.9 Å². The maximum absolute atomic E-state index is 12.4. The molecule has 5 nitrogen and oxygen atoms in total. The van der Waals surface area contributed by atoms with Crippen LogP contribution in [0.3, 0.4) is 0 Å². The van der Waals surface area contributed by atoms with Crippen LogP contribution < -0.4 is 11.1 Å². The molecule has 1 fully saturated rings. The van der Waals surface area contributed by atoms with Gasteiger partial charge < -0.3 is 16.0 Å². The smallest absolute Gasteiger partial charge is 0.317 e. The zero-order valence-corrected chi connectivity index (χ0v) is 13.3. The van der Waals surface area contributed by atoms with Gasteiger partial charge in [-0.05, 0) is 30.9 Å². The molecule has 3 amide bonds. The normalized spacial score (nSPS) is 22.0. The molecular weight excluding hydrogens is 298 g/mol. The molecule has 0 aromatic heterocycles. The Morgan fingerprint density at radius 1 is 1.18 bits per heavy atom. The standard InChI is InChI=1S/C16H21N3O2S/c17-15(20)11-5-8-19(9-6-11)16(21)18-13-7-10-22-14-4-2-1-3-12(13)14/h1-4,11,13H,5-10H2,(H2,17,20)(H,18,21)/t13-/m1/s1. The highest BCUT2D eigenvalue weighted by Crippen LogP contribution is 2.35. The Hall–Kier alpha value is -1.69. The molecule has 2 aliphatic heterocycles. The first-order chi connectivity index (χ1) is 10.6. The average molecular weight is 319 g/mol. The maximum Gasteiger partial charge on any atom is 0.317 e. The Balaban J connectivity index is 1.60. The molecule has 0 saturated carbocycles. The number of piperidine rings is 1. The van der Waals surface area contributed by atoms with Gasteiger partial charge in [0.05, 0.1) is 6.04 Å². The summed E-state index contributed by atoms with van der Waals surface area (Å²) in [5.41, 5.74) is 6.54. The van der Waals surface area contributed by atoms with E-state index in [-0.39, 0.29) is 23.9 Å². The molecule has 22 heavy (non-hydrogen) atoms. The Bertz CT molecular complexity index is 570. The molecule has 1 saturated heterocycles. The van der Waals surface area contributed by atoms with E-state index >= 15 is 0 Å². The summed E-state index contributed by atoms with van der Waals surface area (Å²) in [6.07, 6.45) is 2.28. The minimum atomic E-state index is -0.252. The third kappa shape index (κ3) is 3.21. The van der Waals surface area contributed by atoms with Crippen molar-refractivity contribution in [1.29, 1.82) is 0 Å². The molecule has 0 bridgehead atoms. The second kappa shape index (κ2) is 6.60. The number of benzene rings is 1. The summed E-state index contributed by atoms with van der Waals surface area (Å²) in [5, 5.41) is 3.15. The van der Waals surface area contributed by atoms with Crippen molar-refractivity contribution in [3.05, 3.63) is 29.8 Å². The zero-order chi connectivity index (χ0) is 15.5. The number of hydrogen-bond donors (Lipinski definition) is 2. The van der Waals surface area contributed by atoms with E-state index in [1.165, 1.54) is 10.5 Å². The van der Waals surface area contributed by atoms with Crippen LogP contribution in [0, 0.1) is 5.92 Å². The Morgan fingerprint density at radius 3 is 2.64 bits per heavy atom. The van der Waals surface area contributed by atoms with Crippen molar-refractivity contribution in [2.24, 2.45) is 11.7 Å². The summed E-state index contributed by atoms with van der Waals surface area (Å²) in [4.78, 5) is 26.7. The van der Waals surface area contributed by atoms with E-state index in [1.807, 2.05) is 23.9 Å². The van der Waals surface area contributed by atoms with E-state index in [4.69, 9.17) is 5.73 Å². The highest BCUT2D eigenvalue weighted by molar-refractivity contribution is 7.99. The number of thioether (sulfide) groups is 1.